The summed E-state index contributed by atoms with van der Waals surface area (Å²) in [4.78, 5) is 4.13. The summed E-state index contributed by atoms with van der Waals surface area (Å²) in [5.74, 6) is 0.466. The molecular formula is C17H22ClN3. The Bertz CT molecular complexity index is 547. The molecule has 1 aromatic rings. The van der Waals surface area contributed by atoms with Gasteiger partial charge in [0.2, 0.25) is 0 Å². The van der Waals surface area contributed by atoms with Crippen molar-refractivity contribution in [1.82, 2.24) is 10.4 Å². The Kier molecular flexibility index (Phi) is 4.32. The molecule has 21 heavy (non-hydrogen) atoms. The Morgan fingerprint density at radius 2 is 1.95 bits per heavy atom. The van der Waals surface area contributed by atoms with Crippen LogP contribution in [0.5, 0.6) is 0 Å². The number of hydrazine groups is 1. The number of halogens is 1. The van der Waals surface area contributed by atoms with Gasteiger partial charge in [0.15, 0.2) is 0 Å². The Labute approximate surface area is 131 Å². The van der Waals surface area contributed by atoms with E-state index in [-0.39, 0.29) is 0 Å². The smallest absolute Gasteiger partial charge is 0.0518 e. The fourth-order valence-corrected chi connectivity index (χ4v) is 3.48. The molecule has 0 radical (unpaired) electrons. The summed E-state index contributed by atoms with van der Waals surface area (Å²) in [6.07, 6.45) is 4.24. The molecule has 1 aliphatic carbocycles. The molecule has 3 rings (SSSR count). The van der Waals surface area contributed by atoms with Crippen LogP contribution < -0.4 is 5.43 Å². The lowest BCUT2D eigenvalue weighted by atomic mass is 10.0. The van der Waals surface area contributed by atoms with E-state index in [2.05, 4.69) is 40.9 Å². The van der Waals surface area contributed by atoms with Crippen molar-refractivity contribution in [3.05, 3.63) is 46.6 Å². The topological polar surface area (TPSA) is 27.6 Å². The summed E-state index contributed by atoms with van der Waals surface area (Å²) in [5.41, 5.74) is 7.39. The van der Waals surface area contributed by atoms with Crippen molar-refractivity contribution in [3.63, 3.8) is 0 Å². The van der Waals surface area contributed by atoms with Crippen molar-refractivity contribution in [3.8, 4) is 0 Å². The molecule has 1 aliphatic heterocycles. The van der Waals surface area contributed by atoms with Gasteiger partial charge in [0.1, 0.15) is 0 Å². The Hall–Kier alpha value is -1.32. The molecule has 1 aromatic carbocycles. The van der Waals surface area contributed by atoms with Crippen molar-refractivity contribution in [2.45, 2.75) is 31.7 Å². The summed E-state index contributed by atoms with van der Waals surface area (Å²) < 4.78 is 0. The summed E-state index contributed by atoms with van der Waals surface area (Å²) in [6.45, 7) is 9.92. The van der Waals surface area contributed by atoms with Gasteiger partial charge in [-0.3, -0.25) is 4.99 Å². The number of nitrogens with one attached hydrogen (secondary N) is 1. The number of hydrogen-bond donors (Lipinski definition) is 1. The molecule has 1 unspecified atom stereocenters. The molecule has 0 aromatic heterocycles. The van der Waals surface area contributed by atoms with Crippen molar-refractivity contribution >= 4 is 18.3 Å². The molecule has 4 heteroatoms. The van der Waals surface area contributed by atoms with Crippen LogP contribution in [0.4, 0.5) is 0 Å². The van der Waals surface area contributed by atoms with Gasteiger partial charge in [0.05, 0.1) is 6.04 Å². The first-order chi connectivity index (χ1) is 10.2. The van der Waals surface area contributed by atoms with Gasteiger partial charge in [-0.05, 0) is 55.7 Å². The summed E-state index contributed by atoms with van der Waals surface area (Å²) in [7, 11) is 0. The zero-order chi connectivity index (χ0) is 14.8. The molecule has 3 nitrogen and oxygen atoms in total. The second-order valence-corrected chi connectivity index (χ2v) is 6.49. The number of benzene rings is 1. The maximum atomic E-state index is 6.07. The van der Waals surface area contributed by atoms with Gasteiger partial charge in [-0.2, -0.15) is 0 Å². The van der Waals surface area contributed by atoms with Crippen LogP contribution in [0.25, 0.3) is 0 Å². The average Bonchev–Trinajstić information content (AvgIpc) is 2.91. The van der Waals surface area contributed by atoms with E-state index in [0.29, 0.717) is 12.0 Å². The third-order valence-electron chi connectivity index (χ3n) is 4.62. The fraction of sp³-hybridized carbons (Fsp3) is 0.471. The monoisotopic (exact) mass is 303 g/mol. The third-order valence-corrected chi connectivity index (χ3v) is 4.85. The average molecular weight is 304 g/mol. The highest BCUT2D eigenvalue weighted by atomic mass is 35.5. The third kappa shape index (κ3) is 3.30. The minimum Gasteiger partial charge on any atom is -0.323 e. The number of aliphatic imine (C=N–C) groups is 1. The van der Waals surface area contributed by atoms with E-state index in [9.17, 15) is 0 Å². The lowest BCUT2D eigenvalue weighted by Crippen LogP contribution is -2.45. The number of rotatable bonds is 4. The Balaban J connectivity index is 1.55. The highest BCUT2D eigenvalue weighted by Crippen LogP contribution is 2.32. The molecule has 1 N–H and O–H groups in total. The van der Waals surface area contributed by atoms with Gasteiger partial charge >= 0.3 is 0 Å². The predicted molar refractivity (Wildman–Crippen MR) is 88.8 cm³/mol. The molecule has 2 aliphatic rings. The van der Waals surface area contributed by atoms with Gasteiger partial charge in [0.25, 0.3) is 0 Å². The molecule has 112 valence electrons. The zero-order valence-corrected chi connectivity index (χ0v) is 13.1. The van der Waals surface area contributed by atoms with Crippen LogP contribution in [0.15, 0.2) is 35.5 Å². The van der Waals surface area contributed by atoms with E-state index < -0.39 is 0 Å². The predicted octanol–water partition coefficient (Wildman–Crippen LogP) is 3.24. The van der Waals surface area contributed by atoms with Gasteiger partial charge in [-0.1, -0.05) is 24.2 Å². The molecule has 1 atom stereocenters. The van der Waals surface area contributed by atoms with E-state index in [0.717, 1.165) is 49.5 Å². The van der Waals surface area contributed by atoms with Crippen LogP contribution in [-0.2, 0) is 12.8 Å². The Morgan fingerprint density at radius 1 is 1.24 bits per heavy atom. The second kappa shape index (κ2) is 6.20. The van der Waals surface area contributed by atoms with Crippen molar-refractivity contribution < 1.29 is 0 Å². The molecule has 0 bridgehead atoms. The minimum absolute atomic E-state index is 0.425. The van der Waals surface area contributed by atoms with Crippen LogP contribution >= 0.6 is 11.6 Å². The van der Waals surface area contributed by atoms with Crippen LogP contribution in [-0.4, -0.2) is 30.9 Å². The van der Waals surface area contributed by atoms with E-state index in [1.54, 1.807) is 0 Å². The van der Waals surface area contributed by atoms with Crippen LogP contribution in [0.2, 0.25) is 5.02 Å². The zero-order valence-electron chi connectivity index (χ0n) is 12.3. The molecule has 1 fully saturated rings. The molecular weight excluding hydrogens is 282 g/mol. The van der Waals surface area contributed by atoms with Crippen LogP contribution in [0.1, 0.15) is 24.0 Å². The van der Waals surface area contributed by atoms with E-state index in [1.165, 1.54) is 11.1 Å². The molecule has 0 spiro atoms. The SMILES string of the molecule is C=NC1CCN(NC(=C)C2Cc3ccc(Cl)cc3C2)CC1. The lowest BCUT2D eigenvalue weighted by molar-refractivity contribution is 0.157. The molecule has 0 amide bonds. The normalized spacial score (nSPS) is 22.8. The second-order valence-electron chi connectivity index (χ2n) is 6.06. The summed E-state index contributed by atoms with van der Waals surface area (Å²) in [6, 6.07) is 6.64. The largest absolute Gasteiger partial charge is 0.323 e. The maximum absolute atomic E-state index is 6.07. The first-order valence-corrected chi connectivity index (χ1v) is 7.97. The minimum atomic E-state index is 0.425. The van der Waals surface area contributed by atoms with Gasteiger partial charge in [-0.25, -0.2) is 5.01 Å². The first-order valence-electron chi connectivity index (χ1n) is 7.59. The summed E-state index contributed by atoms with van der Waals surface area (Å²) >= 11 is 6.07. The fourth-order valence-electron chi connectivity index (χ4n) is 3.29. The Morgan fingerprint density at radius 3 is 2.67 bits per heavy atom. The van der Waals surface area contributed by atoms with E-state index in [4.69, 9.17) is 11.6 Å². The number of hydrogen-bond acceptors (Lipinski definition) is 3. The van der Waals surface area contributed by atoms with Crippen molar-refractivity contribution in [2.75, 3.05) is 13.1 Å². The van der Waals surface area contributed by atoms with E-state index >= 15 is 0 Å². The van der Waals surface area contributed by atoms with Gasteiger partial charge in [-0.15, -0.1) is 0 Å². The van der Waals surface area contributed by atoms with Gasteiger partial charge in [0, 0.05) is 29.7 Å². The number of nitrogens with zero attached hydrogens (tertiary/aromatic N) is 2. The number of piperidine rings is 1. The maximum Gasteiger partial charge on any atom is 0.0518 e. The number of fused-ring (bicyclic) bond motifs is 1. The highest BCUT2D eigenvalue weighted by Gasteiger charge is 2.26. The van der Waals surface area contributed by atoms with Crippen LogP contribution in [0.3, 0.4) is 0 Å². The standard InChI is InChI=1S/C17H22ClN3/c1-12(20-21-7-5-17(19-2)6-8-21)14-9-13-3-4-16(18)11-15(13)10-14/h3-4,11,14,17,20H,1-2,5-10H2. The first kappa shape index (κ1) is 14.6. The molecule has 1 saturated heterocycles. The molecule has 1 heterocycles. The van der Waals surface area contributed by atoms with Gasteiger partial charge < -0.3 is 5.43 Å². The highest BCUT2D eigenvalue weighted by molar-refractivity contribution is 6.30. The quantitative estimate of drug-likeness (QED) is 0.865. The van der Waals surface area contributed by atoms with Crippen molar-refractivity contribution in [2.24, 2.45) is 10.9 Å². The summed E-state index contributed by atoms with van der Waals surface area (Å²) in [5, 5.41) is 3.09. The van der Waals surface area contributed by atoms with E-state index in [1.807, 2.05) is 6.07 Å². The van der Waals surface area contributed by atoms with Crippen molar-refractivity contribution in [1.29, 1.82) is 0 Å². The van der Waals surface area contributed by atoms with Crippen LogP contribution in [0, 0.1) is 5.92 Å². The molecule has 0 saturated carbocycles. The lowest BCUT2D eigenvalue weighted by Gasteiger charge is -2.32. The number of allylic oxidation sites excluding steroid dienone is 1.